The number of piperidine rings is 1. The lowest BCUT2D eigenvalue weighted by atomic mass is 9.99. The van der Waals surface area contributed by atoms with Crippen LogP contribution in [0, 0.1) is 5.92 Å². The van der Waals surface area contributed by atoms with Gasteiger partial charge < -0.3 is 0 Å². The van der Waals surface area contributed by atoms with Crippen LogP contribution in [0.5, 0.6) is 0 Å². The molecule has 1 saturated heterocycles. The van der Waals surface area contributed by atoms with Gasteiger partial charge in [0.2, 0.25) is 20.0 Å². The minimum atomic E-state index is -3.58. The number of nitrogens with one attached hydrogen (secondary N) is 1. The van der Waals surface area contributed by atoms with Gasteiger partial charge in [-0.2, -0.15) is 4.31 Å². The van der Waals surface area contributed by atoms with Crippen LogP contribution in [0.1, 0.15) is 38.2 Å². The van der Waals surface area contributed by atoms with E-state index in [-0.39, 0.29) is 15.7 Å². The van der Waals surface area contributed by atoms with Crippen molar-refractivity contribution in [3.05, 3.63) is 54.4 Å². The SMILES string of the molecule is CC(C)c1ccc(S(=O)(=O)NCC2CCN(S(=O)(=O)c3cccnc3)CC2)cc1. The topological polar surface area (TPSA) is 96.4 Å². The molecule has 7 nitrogen and oxygen atoms in total. The third kappa shape index (κ3) is 5.22. The Bertz CT molecular complexity index is 1010. The average molecular weight is 438 g/mol. The molecule has 0 spiro atoms. The van der Waals surface area contributed by atoms with Crippen LogP contribution in [0.25, 0.3) is 0 Å². The number of aromatic nitrogens is 1. The third-order valence-electron chi connectivity index (χ3n) is 5.26. The summed E-state index contributed by atoms with van der Waals surface area (Å²) in [7, 11) is -7.13. The van der Waals surface area contributed by atoms with E-state index in [1.807, 2.05) is 12.1 Å². The van der Waals surface area contributed by atoms with E-state index in [1.165, 1.54) is 22.8 Å². The molecule has 1 aliphatic rings. The van der Waals surface area contributed by atoms with Gasteiger partial charge in [-0.3, -0.25) is 4.98 Å². The number of nitrogens with zero attached hydrogens (tertiary/aromatic N) is 2. The van der Waals surface area contributed by atoms with E-state index in [0.717, 1.165) is 5.56 Å². The largest absolute Gasteiger partial charge is 0.263 e. The highest BCUT2D eigenvalue weighted by atomic mass is 32.2. The molecule has 0 atom stereocenters. The van der Waals surface area contributed by atoms with Crippen LogP contribution in [0.15, 0.2) is 58.6 Å². The van der Waals surface area contributed by atoms with Gasteiger partial charge in [0.05, 0.1) is 4.90 Å². The highest BCUT2D eigenvalue weighted by molar-refractivity contribution is 7.89. The van der Waals surface area contributed by atoms with E-state index >= 15 is 0 Å². The van der Waals surface area contributed by atoms with Gasteiger partial charge in [0.1, 0.15) is 4.90 Å². The third-order valence-corrected chi connectivity index (χ3v) is 8.59. The van der Waals surface area contributed by atoms with Gasteiger partial charge in [-0.25, -0.2) is 21.6 Å². The Balaban J connectivity index is 1.55. The predicted molar refractivity (Wildman–Crippen MR) is 111 cm³/mol. The van der Waals surface area contributed by atoms with Crippen LogP contribution in [-0.4, -0.2) is 45.8 Å². The van der Waals surface area contributed by atoms with Crippen molar-refractivity contribution < 1.29 is 16.8 Å². The van der Waals surface area contributed by atoms with E-state index < -0.39 is 20.0 Å². The van der Waals surface area contributed by atoms with Gasteiger partial charge in [-0.15, -0.1) is 0 Å². The van der Waals surface area contributed by atoms with Crippen molar-refractivity contribution in [3.8, 4) is 0 Å². The van der Waals surface area contributed by atoms with Crippen molar-refractivity contribution >= 4 is 20.0 Å². The summed E-state index contributed by atoms with van der Waals surface area (Å²) in [6.07, 6.45) is 4.09. The first-order valence-electron chi connectivity index (χ1n) is 9.70. The highest BCUT2D eigenvalue weighted by Gasteiger charge is 2.30. The maximum absolute atomic E-state index is 12.6. The highest BCUT2D eigenvalue weighted by Crippen LogP contribution is 2.24. The molecule has 1 aromatic heterocycles. The Hall–Kier alpha value is -1.81. The van der Waals surface area contributed by atoms with Crippen LogP contribution in [0.4, 0.5) is 0 Å². The molecule has 0 radical (unpaired) electrons. The van der Waals surface area contributed by atoms with Gasteiger partial charge in [0, 0.05) is 32.0 Å². The van der Waals surface area contributed by atoms with Gasteiger partial charge in [0.25, 0.3) is 0 Å². The summed E-state index contributed by atoms with van der Waals surface area (Å²) >= 11 is 0. The lowest BCUT2D eigenvalue weighted by Crippen LogP contribution is -2.41. The van der Waals surface area contributed by atoms with E-state index in [2.05, 4.69) is 23.6 Å². The quantitative estimate of drug-likeness (QED) is 0.718. The molecule has 0 saturated carbocycles. The number of rotatable bonds is 7. The molecule has 0 aliphatic carbocycles. The fraction of sp³-hybridized carbons (Fsp3) is 0.450. The van der Waals surface area contributed by atoms with Crippen molar-refractivity contribution in [2.24, 2.45) is 5.92 Å². The first-order chi connectivity index (χ1) is 13.7. The maximum Gasteiger partial charge on any atom is 0.244 e. The lowest BCUT2D eigenvalue weighted by molar-refractivity contribution is 0.274. The summed E-state index contributed by atoms with van der Waals surface area (Å²) in [5.41, 5.74) is 1.09. The summed E-state index contributed by atoms with van der Waals surface area (Å²) in [5.74, 6) is 0.438. The van der Waals surface area contributed by atoms with Gasteiger partial charge in [-0.05, 0) is 54.5 Å². The molecule has 0 bridgehead atoms. The number of hydrogen-bond acceptors (Lipinski definition) is 5. The Morgan fingerprint density at radius 1 is 1.03 bits per heavy atom. The number of benzene rings is 1. The molecule has 9 heteroatoms. The summed E-state index contributed by atoms with van der Waals surface area (Å²) in [5, 5.41) is 0. The van der Waals surface area contributed by atoms with Crippen molar-refractivity contribution in [2.75, 3.05) is 19.6 Å². The summed E-state index contributed by atoms with van der Waals surface area (Å²) in [6, 6.07) is 10.1. The molecule has 1 aliphatic heterocycles. The molecule has 2 heterocycles. The van der Waals surface area contributed by atoms with E-state index in [1.54, 1.807) is 18.2 Å². The summed E-state index contributed by atoms with van der Waals surface area (Å²) in [4.78, 5) is 4.31. The predicted octanol–water partition coefficient (Wildman–Crippen LogP) is 2.58. The molecule has 1 N–H and O–H groups in total. The second-order valence-corrected chi connectivity index (χ2v) is 11.3. The number of sulfonamides is 2. The molecule has 1 fully saturated rings. The minimum absolute atomic E-state index is 0.0973. The van der Waals surface area contributed by atoms with Crippen LogP contribution >= 0.6 is 0 Å². The van der Waals surface area contributed by atoms with E-state index in [0.29, 0.717) is 38.4 Å². The summed E-state index contributed by atoms with van der Waals surface area (Å²) in [6.45, 7) is 5.15. The molecule has 1 aromatic carbocycles. The van der Waals surface area contributed by atoms with Crippen LogP contribution in [0.3, 0.4) is 0 Å². The van der Waals surface area contributed by atoms with Crippen molar-refractivity contribution in [1.29, 1.82) is 0 Å². The molecular formula is C20H27N3O4S2. The Kier molecular flexibility index (Phi) is 6.72. The van der Waals surface area contributed by atoms with Crippen molar-refractivity contribution in [2.45, 2.75) is 42.4 Å². The van der Waals surface area contributed by atoms with Crippen LogP contribution in [-0.2, 0) is 20.0 Å². The Morgan fingerprint density at radius 3 is 2.24 bits per heavy atom. The zero-order valence-corrected chi connectivity index (χ0v) is 18.3. The standard InChI is InChI=1S/C20H27N3O4S2/c1-16(2)18-5-7-19(8-6-18)28(24,25)22-14-17-9-12-23(13-10-17)29(26,27)20-4-3-11-21-15-20/h3-8,11,15-17,22H,9-10,12-14H2,1-2H3. The fourth-order valence-corrected chi connectivity index (χ4v) is 5.90. The van der Waals surface area contributed by atoms with Gasteiger partial charge in [0.15, 0.2) is 0 Å². The molecule has 29 heavy (non-hydrogen) atoms. The minimum Gasteiger partial charge on any atom is -0.263 e. The molecule has 0 unspecified atom stereocenters. The lowest BCUT2D eigenvalue weighted by Gasteiger charge is -2.31. The first-order valence-corrected chi connectivity index (χ1v) is 12.6. The van der Waals surface area contributed by atoms with Crippen molar-refractivity contribution in [3.63, 3.8) is 0 Å². The molecule has 158 valence electrons. The van der Waals surface area contributed by atoms with E-state index in [9.17, 15) is 16.8 Å². The van der Waals surface area contributed by atoms with Crippen LogP contribution in [0.2, 0.25) is 0 Å². The molecule has 3 rings (SSSR count). The smallest absolute Gasteiger partial charge is 0.244 e. The Morgan fingerprint density at radius 2 is 1.69 bits per heavy atom. The zero-order valence-electron chi connectivity index (χ0n) is 16.7. The van der Waals surface area contributed by atoms with Gasteiger partial charge >= 0.3 is 0 Å². The van der Waals surface area contributed by atoms with Gasteiger partial charge in [-0.1, -0.05) is 26.0 Å². The molecule has 0 amide bonds. The number of hydrogen-bond donors (Lipinski definition) is 1. The van der Waals surface area contributed by atoms with E-state index in [4.69, 9.17) is 0 Å². The Labute approximate surface area is 173 Å². The normalized spacial score (nSPS) is 16.9. The number of pyridine rings is 1. The van der Waals surface area contributed by atoms with Crippen molar-refractivity contribution in [1.82, 2.24) is 14.0 Å². The zero-order chi connectivity index (χ0) is 21.1. The fourth-order valence-electron chi connectivity index (χ4n) is 3.35. The molecular weight excluding hydrogens is 410 g/mol. The average Bonchev–Trinajstić information content (AvgIpc) is 2.73. The monoisotopic (exact) mass is 437 g/mol. The first kappa shape index (κ1) is 21.9. The van der Waals surface area contributed by atoms with Crippen LogP contribution < -0.4 is 4.72 Å². The maximum atomic E-state index is 12.6. The summed E-state index contributed by atoms with van der Waals surface area (Å²) < 4.78 is 54.5. The second-order valence-electron chi connectivity index (χ2n) is 7.61. The second kappa shape index (κ2) is 8.91. The molecule has 2 aromatic rings.